The molecule has 1 saturated heterocycles. The number of ether oxygens (including phenoxy) is 1. The molecule has 1 amide bonds. The van der Waals surface area contributed by atoms with Crippen molar-refractivity contribution in [2.45, 2.75) is 26.7 Å². The topological polar surface area (TPSA) is 84.4 Å². The molecule has 0 atom stereocenters. The third kappa shape index (κ3) is 4.39. The number of anilines is 1. The highest BCUT2D eigenvalue weighted by Crippen LogP contribution is 2.34. The second-order valence-corrected chi connectivity index (χ2v) is 8.83. The summed E-state index contributed by atoms with van der Waals surface area (Å²) in [6.07, 6.45) is 1.88. The molecule has 0 saturated carbocycles. The molecule has 0 unspecified atom stereocenters. The van der Waals surface area contributed by atoms with Gasteiger partial charge in [0.05, 0.1) is 12.5 Å². The molecule has 0 radical (unpaired) electrons. The monoisotopic (exact) mass is 438 g/mol. The van der Waals surface area contributed by atoms with E-state index >= 15 is 0 Å². The van der Waals surface area contributed by atoms with E-state index in [2.05, 4.69) is 15.3 Å². The van der Waals surface area contributed by atoms with Gasteiger partial charge >= 0.3 is 5.97 Å². The Labute approximate surface area is 185 Å². The van der Waals surface area contributed by atoms with Gasteiger partial charge in [-0.2, -0.15) is 0 Å². The van der Waals surface area contributed by atoms with Crippen LogP contribution in [0.3, 0.4) is 0 Å². The van der Waals surface area contributed by atoms with Crippen LogP contribution < -0.4 is 5.32 Å². The highest BCUT2D eigenvalue weighted by atomic mass is 32.1. The maximum absolute atomic E-state index is 12.6. The van der Waals surface area contributed by atoms with E-state index in [4.69, 9.17) is 4.74 Å². The van der Waals surface area contributed by atoms with Crippen LogP contribution in [0, 0.1) is 19.8 Å². The summed E-state index contributed by atoms with van der Waals surface area (Å²) in [6.45, 7) is 6.03. The lowest BCUT2D eigenvalue weighted by atomic mass is 9.96. The predicted molar refractivity (Wildman–Crippen MR) is 122 cm³/mol. The predicted octanol–water partition coefficient (Wildman–Crippen LogP) is 4.06. The normalized spacial score (nSPS) is 14.6. The van der Waals surface area contributed by atoms with Crippen LogP contribution in [0.4, 0.5) is 5.82 Å². The highest BCUT2D eigenvalue weighted by molar-refractivity contribution is 7.20. The SMILES string of the molecule is COC(=O)c1sc2nc(C)nc(NCC3CCN(C(=O)c4ccccc4)CC3)c2c1C. The lowest BCUT2D eigenvalue weighted by Gasteiger charge is -2.32. The average molecular weight is 439 g/mol. The van der Waals surface area contributed by atoms with Gasteiger partial charge in [-0.25, -0.2) is 14.8 Å². The van der Waals surface area contributed by atoms with Crippen molar-refractivity contribution in [3.05, 3.63) is 52.2 Å². The Hall–Kier alpha value is -3.00. The fraction of sp³-hybridized carbons (Fsp3) is 0.391. The fourth-order valence-corrected chi connectivity index (χ4v) is 5.15. The summed E-state index contributed by atoms with van der Waals surface area (Å²) in [5.41, 5.74) is 1.59. The zero-order valence-corrected chi connectivity index (χ0v) is 18.8. The van der Waals surface area contributed by atoms with Crippen molar-refractivity contribution in [3.63, 3.8) is 0 Å². The van der Waals surface area contributed by atoms with Crippen molar-refractivity contribution < 1.29 is 14.3 Å². The first-order valence-electron chi connectivity index (χ1n) is 10.4. The minimum Gasteiger partial charge on any atom is -0.465 e. The summed E-state index contributed by atoms with van der Waals surface area (Å²) in [6, 6.07) is 9.44. The van der Waals surface area contributed by atoms with Crippen LogP contribution in [0.5, 0.6) is 0 Å². The van der Waals surface area contributed by atoms with Gasteiger partial charge in [0.15, 0.2) is 0 Å². The number of hydrogen-bond donors (Lipinski definition) is 1. The van der Waals surface area contributed by atoms with Crippen molar-refractivity contribution in [1.29, 1.82) is 0 Å². The number of carbonyl (C=O) groups excluding carboxylic acids is 2. The summed E-state index contributed by atoms with van der Waals surface area (Å²) < 4.78 is 4.90. The van der Waals surface area contributed by atoms with Gasteiger partial charge in [0.25, 0.3) is 5.91 Å². The molecule has 3 aromatic rings. The maximum Gasteiger partial charge on any atom is 0.348 e. The molecule has 1 N–H and O–H groups in total. The van der Waals surface area contributed by atoms with Crippen molar-refractivity contribution in [1.82, 2.24) is 14.9 Å². The third-order valence-electron chi connectivity index (χ3n) is 5.75. The van der Waals surface area contributed by atoms with Gasteiger partial charge in [0.2, 0.25) is 0 Å². The Morgan fingerprint density at radius 2 is 1.87 bits per heavy atom. The lowest BCUT2D eigenvalue weighted by Crippen LogP contribution is -2.39. The number of rotatable bonds is 5. The zero-order chi connectivity index (χ0) is 22.0. The van der Waals surface area contributed by atoms with Crippen LogP contribution in [-0.2, 0) is 4.74 Å². The molecule has 162 valence electrons. The number of aromatic nitrogens is 2. The quantitative estimate of drug-likeness (QED) is 0.605. The number of carbonyl (C=O) groups is 2. The second kappa shape index (κ2) is 9.01. The number of thiophene rings is 1. The average Bonchev–Trinajstić information content (AvgIpc) is 3.13. The van der Waals surface area contributed by atoms with E-state index in [0.717, 1.165) is 59.6 Å². The molecule has 8 heteroatoms. The fourth-order valence-electron chi connectivity index (χ4n) is 4.01. The highest BCUT2D eigenvalue weighted by Gasteiger charge is 2.25. The van der Waals surface area contributed by atoms with Gasteiger partial charge < -0.3 is 15.0 Å². The molecule has 0 spiro atoms. The number of esters is 1. The van der Waals surface area contributed by atoms with Crippen LogP contribution >= 0.6 is 11.3 Å². The van der Waals surface area contributed by atoms with Gasteiger partial charge in [0.1, 0.15) is 21.3 Å². The summed E-state index contributed by atoms with van der Waals surface area (Å²) in [5.74, 6) is 1.62. The van der Waals surface area contributed by atoms with Crippen LogP contribution in [0.2, 0.25) is 0 Å². The van der Waals surface area contributed by atoms with Crippen LogP contribution in [0.25, 0.3) is 10.2 Å². The van der Waals surface area contributed by atoms with E-state index in [1.807, 2.05) is 49.1 Å². The molecule has 1 aliphatic rings. The molecule has 0 bridgehead atoms. The largest absolute Gasteiger partial charge is 0.465 e. The first-order chi connectivity index (χ1) is 15.0. The maximum atomic E-state index is 12.6. The number of nitrogens with zero attached hydrogens (tertiary/aromatic N) is 3. The smallest absolute Gasteiger partial charge is 0.348 e. The lowest BCUT2D eigenvalue weighted by molar-refractivity contribution is 0.0605. The summed E-state index contributed by atoms with van der Waals surface area (Å²) in [4.78, 5) is 37.1. The Morgan fingerprint density at radius 3 is 2.55 bits per heavy atom. The molecule has 4 rings (SSSR count). The minimum atomic E-state index is -0.348. The molecule has 3 heterocycles. The van der Waals surface area contributed by atoms with Gasteiger partial charge in [-0.15, -0.1) is 11.3 Å². The van der Waals surface area contributed by atoms with Gasteiger partial charge in [-0.05, 0) is 50.3 Å². The number of piperidine rings is 1. The number of amides is 1. The van der Waals surface area contributed by atoms with Gasteiger partial charge in [0, 0.05) is 25.2 Å². The zero-order valence-electron chi connectivity index (χ0n) is 18.0. The number of hydrogen-bond acceptors (Lipinski definition) is 7. The van der Waals surface area contributed by atoms with Crippen molar-refractivity contribution in [2.75, 3.05) is 32.1 Å². The number of fused-ring (bicyclic) bond motifs is 1. The van der Waals surface area contributed by atoms with Crippen LogP contribution in [0.1, 0.15) is 44.3 Å². The Bertz CT molecular complexity index is 1100. The van der Waals surface area contributed by atoms with E-state index in [9.17, 15) is 9.59 Å². The molecule has 1 fully saturated rings. The molecule has 1 aliphatic heterocycles. The third-order valence-corrected chi connectivity index (χ3v) is 6.92. The summed E-state index contributed by atoms with van der Waals surface area (Å²) in [7, 11) is 1.39. The number of benzene rings is 1. The van der Waals surface area contributed by atoms with E-state index in [1.165, 1.54) is 18.4 Å². The van der Waals surface area contributed by atoms with E-state index < -0.39 is 0 Å². The molecule has 2 aromatic heterocycles. The van der Waals surface area contributed by atoms with E-state index in [1.54, 1.807) is 0 Å². The van der Waals surface area contributed by atoms with Gasteiger partial charge in [-0.1, -0.05) is 18.2 Å². The Balaban J connectivity index is 1.43. The number of methoxy groups -OCH3 is 1. The summed E-state index contributed by atoms with van der Waals surface area (Å²) >= 11 is 1.34. The van der Waals surface area contributed by atoms with Crippen molar-refractivity contribution in [2.24, 2.45) is 5.92 Å². The Morgan fingerprint density at radius 1 is 1.16 bits per heavy atom. The molecule has 0 aliphatic carbocycles. The first-order valence-corrected chi connectivity index (χ1v) is 11.2. The molecule has 1 aromatic carbocycles. The van der Waals surface area contributed by atoms with Gasteiger partial charge in [-0.3, -0.25) is 4.79 Å². The number of nitrogens with one attached hydrogen (secondary N) is 1. The van der Waals surface area contributed by atoms with Crippen LogP contribution in [0.15, 0.2) is 30.3 Å². The van der Waals surface area contributed by atoms with E-state index in [-0.39, 0.29) is 11.9 Å². The number of aryl methyl sites for hydroxylation is 2. The summed E-state index contributed by atoms with van der Waals surface area (Å²) in [5, 5.41) is 4.37. The second-order valence-electron chi connectivity index (χ2n) is 7.83. The van der Waals surface area contributed by atoms with E-state index in [0.29, 0.717) is 16.6 Å². The Kier molecular flexibility index (Phi) is 6.18. The molecular weight excluding hydrogens is 412 g/mol. The van der Waals surface area contributed by atoms with Crippen molar-refractivity contribution >= 4 is 39.2 Å². The molecular formula is C23H26N4O3S. The molecule has 31 heavy (non-hydrogen) atoms. The standard InChI is InChI=1S/C23H26N4O3S/c1-14-18-20(25-15(2)26-21(18)31-19(14)23(29)30-3)24-13-16-9-11-27(12-10-16)22(28)17-7-5-4-6-8-17/h4-8,16H,9-13H2,1-3H3,(H,24,25,26). The molecule has 7 nitrogen and oxygen atoms in total. The minimum absolute atomic E-state index is 0.101. The van der Waals surface area contributed by atoms with Crippen LogP contribution in [-0.4, -0.2) is 53.5 Å². The first kappa shape index (κ1) is 21.2. The number of likely N-dealkylation sites (tertiary alicyclic amines) is 1. The van der Waals surface area contributed by atoms with Crippen molar-refractivity contribution in [3.8, 4) is 0 Å².